The largest absolute Gasteiger partial charge is 0.352 e. The number of nitrogens with zero attached hydrogens (tertiary/aromatic N) is 1. The van der Waals surface area contributed by atoms with E-state index in [1.54, 1.807) is 23.1 Å². The van der Waals surface area contributed by atoms with E-state index in [9.17, 15) is 13.8 Å². The van der Waals surface area contributed by atoms with Crippen molar-refractivity contribution in [3.63, 3.8) is 0 Å². The number of anilines is 1. The number of para-hydroxylation sites is 1. The number of unbranched alkanes of at least 4 members (excludes halogenated alkanes) is 1. The van der Waals surface area contributed by atoms with Gasteiger partial charge in [0.1, 0.15) is 11.1 Å². The molecule has 32 heavy (non-hydrogen) atoms. The first-order chi connectivity index (χ1) is 15.6. The fourth-order valence-corrected chi connectivity index (χ4v) is 5.39. The predicted molar refractivity (Wildman–Crippen MR) is 128 cm³/mol. The first-order valence-electron chi connectivity index (χ1n) is 10.8. The highest BCUT2D eigenvalue weighted by molar-refractivity contribution is 7.86. The summed E-state index contributed by atoms with van der Waals surface area (Å²) in [7, 11) is -1.38. The lowest BCUT2D eigenvalue weighted by atomic mass is 10.1. The number of benzene rings is 3. The Morgan fingerprint density at radius 3 is 2.41 bits per heavy atom. The summed E-state index contributed by atoms with van der Waals surface area (Å²) in [5, 5.41) is 2.38. The van der Waals surface area contributed by atoms with Crippen LogP contribution in [0.25, 0.3) is 0 Å². The Labute approximate surface area is 190 Å². The zero-order valence-corrected chi connectivity index (χ0v) is 18.6. The van der Waals surface area contributed by atoms with Gasteiger partial charge in [-0.2, -0.15) is 0 Å². The molecule has 1 fully saturated rings. The normalized spacial score (nSPS) is 18.0. The van der Waals surface area contributed by atoms with E-state index in [4.69, 9.17) is 0 Å². The van der Waals surface area contributed by atoms with Crippen molar-refractivity contribution in [3.05, 3.63) is 102 Å². The molecule has 0 aromatic heterocycles. The second-order valence-corrected chi connectivity index (χ2v) is 9.30. The number of hydrogen-bond donors (Lipinski definition) is 1. The number of rotatable bonds is 8. The molecule has 0 spiro atoms. The van der Waals surface area contributed by atoms with Crippen molar-refractivity contribution < 1.29 is 13.8 Å². The molecule has 2 unspecified atom stereocenters. The lowest BCUT2D eigenvalue weighted by Gasteiger charge is -2.24. The third-order valence-corrected chi connectivity index (χ3v) is 7.02. The van der Waals surface area contributed by atoms with Gasteiger partial charge in [-0.3, -0.25) is 18.7 Å². The topological polar surface area (TPSA) is 66.5 Å². The van der Waals surface area contributed by atoms with E-state index in [0.717, 1.165) is 19.3 Å². The smallest absolute Gasteiger partial charge is 0.251 e. The van der Waals surface area contributed by atoms with Crippen LogP contribution in [-0.4, -0.2) is 28.3 Å². The summed E-state index contributed by atoms with van der Waals surface area (Å²) in [5.74, 6) is -0.349. The zero-order valence-electron chi connectivity index (χ0n) is 17.8. The third-order valence-electron chi connectivity index (χ3n) is 5.51. The SMILES string of the molecule is O=C(NCCCCc1ccccc1)c1cccc(C2N(c3ccccc3)C(=O)CS2=O)c1. The summed E-state index contributed by atoms with van der Waals surface area (Å²) >= 11 is 0. The number of carbonyl (C=O) groups is 2. The molecule has 0 saturated carbocycles. The molecule has 0 bridgehead atoms. The Hall–Kier alpha value is -3.25. The van der Waals surface area contributed by atoms with Gasteiger partial charge >= 0.3 is 0 Å². The van der Waals surface area contributed by atoms with Crippen LogP contribution in [0.2, 0.25) is 0 Å². The Kier molecular flexibility index (Phi) is 7.12. The van der Waals surface area contributed by atoms with Crippen molar-refractivity contribution in [1.29, 1.82) is 0 Å². The van der Waals surface area contributed by atoms with E-state index in [2.05, 4.69) is 17.4 Å². The van der Waals surface area contributed by atoms with Gasteiger partial charge in [0.15, 0.2) is 0 Å². The summed E-state index contributed by atoms with van der Waals surface area (Å²) in [6, 6.07) is 26.6. The van der Waals surface area contributed by atoms with Crippen molar-refractivity contribution >= 4 is 28.3 Å². The van der Waals surface area contributed by atoms with Gasteiger partial charge in [-0.05, 0) is 54.7 Å². The van der Waals surface area contributed by atoms with Gasteiger partial charge in [0.2, 0.25) is 5.91 Å². The van der Waals surface area contributed by atoms with Crippen molar-refractivity contribution in [3.8, 4) is 0 Å². The Morgan fingerprint density at radius 2 is 1.66 bits per heavy atom. The van der Waals surface area contributed by atoms with Gasteiger partial charge in [-0.25, -0.2) is 0 Å². The van der Waals surface area contributed by atoms with Gasteiger partial charge in [-0.1, -0.05) is 60.7 Å². The van der Waals surface area contributed by atoms with Gasteiger partial charge in [0, 0.05) is 17.8 Å². The minimum atomic E-state index is -1.38. The molecule has 1 saturated heterocycles. The molecule has 3 aromatic carbocycles. The first kappa shape index (κ1) is 22.0. The number of hydrogen-bond acceptors (Lipinski definition) is 3. The third kappa shape index (κ3) is 5.14. The molecule has 3 aromatic rings. The maximum Gasteiger partial charge on any atom is 0.251 e. The molecule has 2 atom stereocenters. The van der Waals surface area contributed by atoms with E-state index in [0.29, 0.717) is 23.4 Å². The molecule has 0 radical (unpaired) electrons. The fourth-order valence-electron chi connectivity index (χ4n) is 3.92. The standard InChI is InChI=1S/C26H26N2O3S/c29-24-19-32(31)26(28(24)23-15-5-2-6-16-23)22-14-9-13-21(18-22)25(30)27-17-8-7-12-20-10-3-1-4-11-20/h1-6,9-11,13-16,18,26H,7-8,12,17,19H2,(H,27,30). The maximum atomic E-state index is 12.8. The van der Waals surface area contributed by atoms with Crippen LogP contribution in [0.1, 0.15) is 39.7 Å². The van der Waals surface area contributed by atoms with Gasteiger partial charge in [0.25, 0.3) is 5.91 Å². The second-order valence-electron chi connectivity index (χ2n) is 7.80. The minimum absolute atomic E-state index is 0.0165. The molecule has 0 aliphatic carbocycles. The van der Waals surface area contributed by atoms with Crippen LogP contribution in [0.3, 0.4) is 0 Å². The predicted octanol–water partition coefficient (Wildman–Crippen LogP) is 4.23. The molecular weight excluding hydrogens is 420 g/mol. The monoisotopic (exact) mass is 446 g/mol. The zero-order chi connectivity index (χ0) is 22.3. The average molecular weight is 447 g/mol. The summed E-state index contributed by atoms with van der Waals surface area (Å²) in [5.41, 5.74) is 3.22. The number of nitrogens with one attached hydrogen (secondary N) is 1. The van der Waals surface area contributed by atoms with Gasteiger partial charge in [0.05, 0.1) is 10.8 Å². The quantitative estimate of drug-likeness (QED) is 0.527. The van der Waals surface area contributed by atoms with Crippen molar-refractivity contribution in [2.24, 2.45) is 0 Å². The average Bonchev–Trinajstić information content (AvgIpc) is 3.13. The Morgan fingerprint density at radius 1 is 0.938 bits per heavy atom. The van der Waals surface area contributed by atoms with E-state index >= 15 is 0 Å². The van der Waals surface area contributed by atoms with Crippen LogP contribution in [0.15, 0.2) is 84.9 Å². The number of carbonyl (C=O) groups excluding carboxylic acids is 2. The van der Waals surface area contributed by atoms with E-state index in [-0.39, 0.29) is 17.6 Å². The maximum absolute atomic E-state index is 12.8. The number of aryl methyl sites for hydroxylation is 1. The number of amides is 2. The lowest BCUT2D eigenvalue weighted by Crippen LogP contribution is -2.29. The molecule has 1 aliphatic heterocycles. The van der Waals surface area contributed by atoms with Crippen LogP contribution in [0, 0.1) is 0 Å². The Balaban J connectivity index is 1.39. The van der Waals surface area contributed by atoms with E-state index in [1.165, 1.54) is 5.56 Å². The summed E-state index contributed by atoms with van der Waals surface area (Å²) in [6.07, 6.45) is 2.88. The molecule has 6 heteroatoms. The van der Waals surface area contributed by atoms with Crippen LogP contribution in [-0.2, 0) is 22.0 Å². The molecule has 1 aliphatic rings. The lowest BCUT2D eigenvalue weighted by molar-refractivity contribution is -0.115. The van der Waals surface area contributed by atoms with Crippen LogP contribution in [0.4, 0.5) is 5.69 Å². The molecule has 5 nitrogen and oxygen atoms in total. The Bertz CT molecular complexity index is 1100. The molecular formula is C26H26N2O3S. The van der Waals surface area contributed by atoms with Gasteiger partial charge < -0.3 is 5.32 Å². The molecule has 1 heterocycles. The van der Waals surface area contributed by atoms with Crippen LogP contribution < -0.4 is 10.2 Å². The van der Waals surface area contributed by atoms with E-state index in [1.807, 2.05) is 54.6 Å². The highest BCUT2D eigenvalue weighted by Crippen LogP contribution is 2.35. The molecule has 164 valence electrons. The summed E-state index contributed by atoms with van der Waals surface area (Å²) in [4.78, 5) is 26.8. The molecule has 4 rings (SSSR count). The van der Waals surface area contributed by atoms with Crippen LogP contribution >= 0.6 is 0 Å². The highest BCUT2D eigenvalue weighted by Gasteiger charge is 2.39. The van der Waals surface area contributed by atoms with Gasteiger partial charge in [-0.15, -0.1) is 0 Å². The first-order valence-corrected chi connectivity index (χ1v) is 12.2. The van der Waals surface area contributed by atoms with Crippen molar-refractivity contribution in [2.75, 3.05) is 17.2 Å². The summed E-state index contributed by atoms with van der Waals surface area (Å²) < 4.78 is 12.8. The highest BCUT2D eigenvalue weighted by atomic mass is 32.2. The van der Waals surface area contributed by atoms with Crippen molar-refractivity contribution in [2.45, 2.75) is 24.6 Å². The van der Waals surface area contributed by atoms with Crippen molar-refractivity contribution in [1.82, 2.24) is 5.32 Å². The minimum Gasteiger partial charge on any atom is -0.352 e. The van der Waals surface area contributed by atoms with Crippen LogP contribution in [0.5, 0.6) is 0 Å². The molecule has 1 N–H and O–H groups in total. The second kappa shape index (κ2) is 10.4. The fraction of sp³-hybridized carbons (Fsp3) is 0.231. The van der Waals surface area contributed by atoms with E-state index < -0.39 is 16.2 Å². The molecule has 2 amide bonds. The summed E-state index contributed by atoms with van der Waals surface area (Å²) in [6.45, 7) is 0.597.